The maximum atomic E-state index is 11.8. The maximum absolute atomic E-state index is 11.8. The van der Waals surface area contributed by atoms with Gasteiger partial charge < -0.3 is 9.84 Å². The molecule has 0 radical (unpaired) electrons. The number of rotatable bonds is 7. The molecular formula is C16H19N3O2S. The summed E-state index contributed by atoms with van der Waals surface area (Å²) < 4.78 is 5.18. The molecule has 0 aliphatic heterocycles. The van der Waals surface area contributed by atoms with Crippen molar-refractivity contribution in [3.8, 4) is 0 Å². The van der Waals surface area contributed by atoms with Crippen LogP contribution in [-0.2, 0) is 17.1 Å². The summed E-state index contributed by atoms with van der Waals surface area (Å²) in [6.45, 7) is 2.61. The molecule has 1 saturated carbocycles. The fourth-order valence-electron chi connectivity index (χ4n) is 2.14. The first-order valence-corrected chi connectivity index (χ1v) is 8.58. The third-order valence-electron chi connectivity index (χ3n) is 3.46. The Labute approximate surface area is 133 Å². The third kappa shape index (κ3) is 4.34. The molecule has 6 heteroatoms. The lowest BCUT2D eigenvalue weighted by atomic mass is 10.1. The fraction of sp³-hybridized carbons (Fsp3) is 0.438. The van der Waals surface area contributed by atoms with E-state index in [4.69, 9.17) is 4.52 Å². The van der Waals surface area contributed by atoms with E-state index in [1.165, 1.54) is 17.3 Å². The van der Waals surface area contributed by atoms with Crippen molar-refractivity contribution in [3.05, 3.63) is 47.1 Å². The highest BCUT2D eigenvalue weighted by Crippen LogP contribution is 2.38. The summed E-state index contributed by atoms with van der Waals surface area (Å²) in [5, 5.41) is 6.88. The molecule has 1 aliphatic rings. The largest absolute Gasteiger partial charge is 0.351 e. The first-order chi connectivity index (χ1) is 10.7. The summed E-state index contributed by atoms with van der Waals surface area (Å²) in [5.41, 5.74) is 2.31. The summed E-state index contributed by atoms with van der Waals surface area (Å²) in [5.74, 6) is 2.93. The number of nitrogens with one attached hydrogen (secondary N) is 1. The van der Waals surface area contributed by atoms with Gasteiger partial charge in [0.05, 0.1) is 11.5 Å². The van der Waals surface area contributed by atoms with Gasteiger partial charge >= 0.3 is 0 Å². The van der Waals surface area contributed by atoms with Crippen LogP contribution in [-0.4, -0.2) is 21.8 Å². The van der Waals surface area contributed by atoms with Crippen molar-refractivity contribution in [2.75, 3.05) is 5.75 Å². The molecule has 0 saturated heterocycles. The number of carbonyl (C=O) groups is 1. The SMILES string of the molecule is Cc1cccc(CNC(=O)CSCc2nc(C3CC3)no2)c1. The van der Waals surface area contributed by atoms with Crippen LogP contribution in [0, 0.1) is 6.92 Å². The van der Waals surface area contributed by atoms with Crippen LogP contribution in [0.25, 0.3) is 0 Å². The van der Waals surface area contributed by atoms with Gasteiger partial charge in [-0.25, -0.2) is 0 Å². The number of hydrogen-bond donors (Lipinski definition) is 1. The Morgan fingerprint density at radius 3 is 3.09 bits per heavy atom. The van der Waals surface area contributed by atoms with Crippen LogP contribution in [0.5, 0.6) is 0 Å². The molecule has 1 aromatic heterocycles. The minimum Gasteiger partial charge on any atom is -0.351 e. The van der Waals surface area contributed by atoms with E-state index in [-0.39, 0.29) is 5.91 Å². The number of aryl methyl sites for hydroxylation is 1. The molecule has 3 rings (SSSR count). The summed E-state index contributed by atoms with van der Waals surface area (Å²) in [7, 11) is 0. The second-order valence-corrected chi connectivity index (χ2v) is 6.56. The van der Waals surface area contributed by atoms with E-state index in [9.17, 15) is 4.79 Å². The lowest BCUT2D eigenvalue weighted by Crippen LogP contribution is -2.24. The molecule has 5 nitrogen and oxygen atoms in total. The average molecular weight is 317 g/mol. The molecule has 116 valence electrons. The van der Waals surface area contributed by atoms with Gasteiger partial charge in [0.15, 0.2) is 5.82 Å². The zero-order valence-electron chi connectivity index (χ0n) is 12.5. The van der Waals surface area contributed by atoms with Gasteiger partial charge in [0.25, 0.3) is 0 Å². The normalized spacial score (nSPS) is 14.0. The highest BCUT2D eigenvalue weighted by molar-refractivity contribution is 7.99. The predicted octanol–water partition coefficient (Wildman–Crippen LogP) is 2.81. The van der Waals surface area contributed by atoms with Gasteiger partial charge in [-0.2, -0.15) is 4.98 Å². The number of benzene rings is 1. The smallest absolute Gasteiger partial charge is 0.236 e. The first kappa shape index (κ1) is 15.1. The van der Waals surface area contributed by atoms with Crippen molar-refractivity contribution in [1.82, 2.24) is 15.5 Å². The average Bonchev–Trinajstić information content (AvgIpc) is 3.25. The molecule has 1 aliphatic carbocycles. The molecular weight excluding hydrogens is 298 g/mol. The van der Waals surface area contributed by atoms with Crippen LogP contribution in [0.2, 0.25) is 0 Å². The maximum Gasteiger partial charge on any atom is 0.236 e. The molecule has 0 unspecified atom stereocenters. The highest BCUT2D eigenvalue weighted by Gasteiger charge is 2.28. The van der Waals surface area contributed by atoms with Crippen LogP contribution in [0.4, 0.5) is 0 Å². The first-order valence-electron chi connectivity index (χ1n) is 7.43. The van der Waals surface area contributed by atoms with Crippen molar-refractivity contribution < 1.29 is 9.32 Å². The Morgan fingerprint density at radius 2 is 2.32 bits per heavy atom. The zero-order chi connectivity index (χ0) is 15.4. The predicted molar refractivity (Wildman–Crippen MR) is 85.5 cm³/mol. The number of hydrogen-bond acceptors (Lipinski definition) is 5. The van der Waals surface area contributed by atoms with E-state index in [2.05, 4.69) is 21.5 Å². The fourth-order valence-corrected chi connectivity index (χ4v) is 2.82. The molecule has 1 amide bonds. The van der Waals surface area contributed by atoms with Crippen molar-refractivity contribution in [2.45, 2.75) is 38.0 Å². The molecule has 1 N–H and O–H groups in total. The minimum atomic E-state index is 0.0217. The number of thioether (sulfide) groups is 1. The van der Waals surface area contributed by atoms with E-state index < -0.39 is 0 Å². The van der Waals surface area contributed by atoms with Gasteiger partial charge in [-0.15, -0.1) is 11.8 Å². The van der Waals surface area contributed by atoms with Crippen molar-refractivity contribution in [3.63, 3.8) is 0 Å². The van der Waals surface area contributed by atoms with Crippen LogP contribution in [0.1, 0.15) is 41.6 Å². The Hall–Kier alpha value is -1.82. The topological polar surface area (TPSA) is 68.0 Å². The van der Waals surface area contributed by atoms with Gasteiger partial charge in [-0.1, -0.05) is 35.0 Å². The highest BCUT2D eigenvalue weighted by atomic mass is 32.2. The Kier molecular flexibility index (Phi) is 4.77. The summed E-state index contributed by atoms with van der Waals surface area (Å²) in [4.78, 5) is 16.2. The molecule has 1 fully saturated rings. The molecule has 22 heavy (non-hydrogen) atoms. The molecule has 2 aromatic rings. The lowest BCUT2D eigenvalue weighted by Gasteiger charge is -2.05. The van der Waals surface area contributed by atoms with Crippen molar-refractivity contribution in [2.24, 2.45) is 0 Å². The zero-order valence-corrected chi connectivity index (χ0v) is 13.4. The number of aromatic nitrogens is 2. The lowest BCUT2D eigenvalue weighted by molar-refractivity contribution is -0.118. The molecule has 1 aromatic carbocycles. The number of amides is 1. The molecule has 0 bridgehead atoms. The van der Waals surface area contributed by atoms with Gasteiger partial charge in [0.2, 0.25) is 11.8 Å². The van der Waals surface area contributed by atoms with E-state index >= 15 is 0 Å². The van der Waals surface area contributed by atoms with E-state index in [0.717, 1.165) is 24.2 Å². The standard InChI is InChI=1S/C16H19N3O2S/c1-11-3-2-4-12(7-11)8-17-14(20)9-22-10-15-18-16(19-21-15)13-5-6-13/h2-4,7,13H,5-6,8-10H2,1H3,(H,17,20). The second kappa shape index (κ2) is 6.96. The van der Waals surface area contributed by atoms with Gasteiger partial charge in [-0.05, 0) is 25.3 Å². The summed E-state index contributed by atoms with van der Waals surface area (Å²) >= 11 is 1.49. The molecule has 0 atom stereocenters. The van der Waals surface area contributed by atoms with Crippen LogP contribution in [0.15, 0.2) is 28.8 Å². The second-order valence-electron chi connectivity index (χ2n) is 5.58. The Balaban J connectivity index is 1.36. The Bertz CT molecular complexity index is 652. The van der Waals surface area contributed by atoms with Crippen LogP contribution in [0.3, 0.4) is 0 Å². The van der Waals surface area contributed by atoms with Crippen molar-refractivity contribution in [1.29, 1.82) is 0 Å². The van der Waals surface area contributed by atoms with E-state index in [1.807, 2.05) is 25.1 Å². The minimum absolute atomic E-state index is 0.0217. The number of carbonyl (C=O) groups excluding carboxylic acids is 1. The van der Waals surface area contributed by atoms with E-state index in [0.29, 0.717) is 29.9 Å². The van der Waals surface area contributed by atoms with Gasteiger partial charge in [0.1, 0.15) is 0 Å². The van der Waals surface area contributed by atoms with E-state index in [1.54, 1.807) is 0 Å². The monoisotopic (exact) mass is 317 g/mol. The summed E-state index contributed by atoms with van der Waals surface area (Å²) in [6.07, 6.45) is 2.32. The van der Waals surface area contributed by atoms with Crippen LogP contribution < -0.4 is 5.32 Å². The Morgan fingerprint density at radius 1 is 1.45 bits per heavy atom. The molecule has 0 spiro atoms. The quantitative estimate of drug-likeness (QED) is 0.850. The summed E-state index contributed by atoms with van der Waals surface area (Å²) in [6, 6.07) is 8.13. The number of nitrogens with zero attached hydrogens (tertiary/aromatic N) is 2. The van der Waals surface area contributed by atoms with Gasteiger partial charge in [0, 0.05) is 12.5 Å². The molecule has 1 heterocycles. The van der Waals surface area contributed by atoms with Gasteiger partial charge in [-0.3, -0.25) is 4.79 Å². The van der Waals surface area contributed by atoms with Crippen LogP contribution >= 0.6 is 11.8 Å². The third-order valence-corrected chi connectivity index (χ3v) is 4.37. The van der Waals surface area contributed by atoms with Crippen molar-refractivity contribution >= 4 is 17.7 Å².